The summed E-state index contributed by atoms with van der Waals surface area (Å²) in [5.41, 5.74) is 2.69. The van der Waals surface area contributed by atoms with Crippen molar-refractivity contribution in [1.29, 1.82) is 0 Å². The average molecular weight is 489 g/mol. The van der Waals surface area contributed by atoms with E-state index in [2.05, 4.69) is 6.07 Å². The Balaban J connectivity index is 1.60. The third-order valence-electron chi connectivity index (χ3n) is 6.19. The molecule has 1 aliphatic rings. The molecule has 2 aromatic carbocycles. The molecule has 1 saturated heterocycles. The first-order valence-electron chi connectivity index (χ1n) is 12.0. The van der Waals surface area contributed by atoms with Crippen LogP contribution in [-0.2, 0) is 16.2 Å². The lowest BCUT2D eigenvalue weighted by atomic mass is 9.99. The van der Waals surface area contributed by atoms with Crippen molar-refractivity contribution in [3.05, 3.63) is 94.4 Å². The van der Waals surface area contributed by atoms with Gasteiger partial charge in [0.25, 0.3) is 11.7 Å². The highest BCUT2D eigenvalue weighted by atomic mass is 16.5. The maximum Gasteiger partial charge on any atom is 0.295 e. The number of benzene rings is 2. The van der Waals surface area contributed by atoms with E-state index in [1.165, 1.54) is 4.90 Å². The van der Waals surface area contributed by atoms with Gasteiger partial charge in [-0.15, -0.1) is 0 Å². The van der Waals surface area contributed by atoms with Crippen molar-refractivity contribution in [2.75, 3.05) is 27.2 Å². The normalized spacial score (nSPS) is 17.2. The average Bonchev–Trinajstić information content (AvgIpc) is 3.38. The van der Waals surface area contributed by atoms with Crippen LogP contribution >= 0.6 is 0 Å². The number of aliphatic hydroxyl groups excluding tert-OH is 1. The highest BCUT2D eigenvalue weighted by Gasteiger charge is 2.47. The molecular formula is C29H32N2O5. The van der Waals surface area contributed by atoms with Crippen molar-refractivity contribution in [3.8, 4) is 5.75 Å². The zero-order chi connectivity index (χ0) is 25.8. The third-order valence-corrected chi connectivity index (χ3v) is 6.19. The Labute approximate surface area is 211 Å². The van der Waals surface area contributed by atoms with Gasteiger partial charge in [-0.3, -0.25) is 9.59 Å². The second-order valence-electron chi connectivity index (χ2n) is 9.40. The molecule has 0 bridgehead atoms. The van der Waals surface area contributed by atoms with Crippen LogP contribution in [0.3, 0.4) is 0 Å². The van der Waals surface area contributed by atoms with E-state index in [1.54, 1.807) is 43.3 Å². The highest BCUT2D eigenvalue weighted by molar-refractivity contribution is 6.46. The Morgan fingerprint density at radius 2 is 1.81 bits per heavy atom. The summed E-state index contributed by atoms with van der Waals surface area (Å²) in [6, 6.07) is 17.7. The highest BCUT2D eigenvalue weighted by Crippen LogP contribution is 2.40. The van der Waals surface area contributed by atoms with Gasteiger partial charge in [-0.2, -0.15) is 0 Å². The van der Waals surface area contributed by atoms with E-state index in [1.807, 2.05) is 44.1 Å². The minimum Gasteiger partial charge on any atom is -0.507 e. The third kappa shape index (κ3) is 5.52. The van der Waals surface area contributed by atoms with Crippen LogP contribution in [0.25, 0.3) is 5.76 Å². The standard InChI is InChI=1S/C29H32N2O5/c1-19-7-5-8-21(17-19)18-35-23-12-10-22(11-13-23)27(32)25-26(24-14-9-20(2)36-24)31(29(34)28(25)33)16-6-15-30(3)4/h5,7-14,17,26,32H,6,15-16,18H2,1-4H3/b27-25+/t26-/m1/s1. The predicted molar refractivity (Wildman–Crippen MR) is 138 cm³/mol. The molecule has 36 heavy (non-hydrogen) atoms. The van der Waals surface area contributed by atoms with Crippen molar-refractivity contribution >= 4 is 17.4 Å². The molecule has 0 unspecified atom stereocenters. The smallest absolute Gasteiger partial charge is 0.295 e. The molecule has 0 spiro atoms. The number of ether oxygens (including phenoxy) is 1. The summed E-state index contributed by atoms with van der Waals surface area (Å²) in [6.45, 7) is 5.39. The first kappa shape index (κ1) is 25.3. The minimum absolute atomic E-state index is 0.0348. The molecule has 0 radical (unpaired) electrons. The number of likely N-dealkylation sites (tertiary alicyclic amines) is 1. The zero-order valence-corrected chi connectivity index (χ0v) is 21.2. The molecule has 1 amide bonds. The molecule has 1 aliphatic heterocycles. The lowest BCUT2D eigenvalue weighted by Gasteiger charge is -2.24. The van der Waals surface area contributed by atoms with Crippen molar-refractivity contribution in [3.63, 3.8) is 0 Å². The van der Waals surface area contributed by atoms with Crippen molar-refractivity contribution in [2.24, 2.45) is 0 Å². The summed E-state index contributed by atoms with van der Waals surface area (Å²) in [7, 11) is 3.91. The number of hydrogen-bond acceptors (Lipinski definition) is 6. The Hall–Kier alpha value is -3.84. The second-order valence-corrected chi connectivity index (χ2v) is 9.40. The Morgan fingerprint density at radius 3 is 2.44 bits per heavy atom. The summed E-state index contributed by atoms with van der Waals surface area (Å²) >= 11 is 0. The fourth-order valence-electron chi connectivity index (χ4n) is 4.40. The number of Topliss-reactive ketones (excluding diaryl/α,β-unsaturated/α-hetero) is 1. The molecule has 3 aromatic rings. The first-order chi connectivity index (χ1) is 17.2. The zero-order valence-electron chi connectivity index (χ0n) is 21.2. The number of nitrogens with zero attached hydrogens (tertiary/aromatic N) is 2. The van der Waals surface area contributed by atoms with Crippen LogP contribution in [0.4, 0.5) is 0 Å². The molecule has 188 valence electrons. The van der Waals surface area contributed by atoms with Crippen LogP contribution in [0.5, 0.6) is 5.75 Å². The largest absolute Gasteiger partial charge is 0.507 e. The molecule has 2 heterocycles. The summed E-state index contributed by atoms with van der Waals surface area (Å²) in [5, 5.41) is 11.2. The molecule has 1 aromatic heterocycles. The molecule has 7 heteroatoms. The van der Waals surface area contributed by atoms with Crippen molar-refractivity contribution < 1.29 is 23.8 Å². The van der Waals surface area contributed by atoms with Crippen LogP contribution in [0.2, 0.25) is 0 Å². The van der Waals surface area contributed by atoms with Crippen molar-refractivity contribution in [1.82, 2.24) is 9.80 Å². The van der Waals surface area contributed by atoms with Gasteiger partial charge in [0.15, 0.2) is 0 Å². The number of rotatable bonds is 9. The van der Waals surface area contributed by atoms with E-state index < -0.39 is 17.7 Å². The number of amides is 1. The van der Waals surface area contributed by atoms with Crippen LogP contribution in [0, 0.1) is 13.8 Å². The molecule has 7 nitrogen and oxygen atoms in total. The maximum absolute atomic E-state index is 13.1. The number of aryl methyl sites for hydroxylation is 2. The van der Waals surface area contributed by atoms with Gasteiger partial charge in [0.1, 0.15) is 35.7 Å². The van der Waals surface area contributed by atoms with Gasteiger partial charge in [-0.1, -0.05) is 29.8 Å². The molecule has 1 fully saturated rings. The topological polar surface area (TPSA) is 83.2 Å². The number of carbonyl (C=O) groups excluding carboxylic acids is 2. The van der Waals surface area contributed by atoms with E-state index in [4.69, 9.17) is 9.15 Å². The SMILES string of the molecule is Cc1cccc(COc2ccc(/C(O)=C3\C(=O)C(=O)N(CCCN(C)C)[C@@H]3c3ccc(C)o3)cc2)c1. The van der Waals surface area contributed by atoms with Crippen LogP contribution in [0.15, 0.2) is 70.7 Å². The summed E-state index contributed by atoms with van der Waals surface area (Å²) < 4.78 is 11.7. The van der Waals surface area contributed by atoms with Gasteiger partial charge in [0, 0.05) is 12.1 Å². The molecule has 0 aliphatic carbocycles. The lowest BCUT2D eigenvalue weighted by Crippen LogP contribution is -2.32. The quantitative estimate of drug-likeness (QED) is 0.263. The lowest BCUT2D eigenvalue weighted by molar-refractivity contribution is -0.140. The van der Waals surface area contributed by atoms with Crippen LogP contribution < -0.4 is 4.74 Å². The van der Waals surface area contributed by atoms with Gasteiger partial charge in [0.2, 0.25) is 0 Å². The Bertz CT molecular complexity index is 1270. The molecule has 1 N–H and O–H groups in total. The number of hydrogen-bond donors (Lipinski definition) is 1. The molecule has 1 atom stereocenters. The predicted octanol–water partition coefficient (Wildman–Crippen LogP) is 4.85. The molecular weight excluding hydrogens is 456 g/mol. The number of ketones is 1. The first-order valence-corrected chi connectivity index (χ1v) is 12.0. The van der Waals surface area contributed by atoms with E-state index in [0.29, 0.717) is 42.4 Å². The Kier molecular flexibility index (Phi) is 7.60. The number of carbonyl (C=O) groups is 2. The van der Waals surface area contributed by atoms with Gasteiger partial charge in [-0.05, 0) is 82.9 Å². The van der Waals surface area contributed by atoms with E-state index in [9.17, 15) is 14.7 Å². The number of furan rings is 1. The summed E-state index contributed by atoms with van der Waals surface area (Å²) in [4.78, 5) is 29.6. The fraction of sp³-hybridized carbons (Fsp3) is 0.310. The molecule has 4 rings (SSSR count). The van der Waals surface area contributed by atoms with E-state index in [0.717, 1.165) is 17.7 Å². The van der Waals surface area contributed by atoms with Crippen LogP contribution in [-0.4, -0.2) is 53.8 Å². The van der Waals surface area contributed by atoms with E-state index >= 15 is 0 Å². The van der Waals surface area contributed by atoms with Crippen LogP contribution in [0.1, 0.15) is 40.7 Å². The second kappa shape index (κ2) is 10.8. The fourth-order valence-corrected chi connectivity index (χ4v) is 4.40. The van der Waals surface area contributed by atoms with E-state index in [-0.39, 0.29) is 11.3 Å². The van der Waals surface area contributed by atoms with Gasteiger partial charge < -0.3 is 24.1 Å². The van der Waals surface area contributed by atoms with Gasteiger partial charge in [0.05, 0.1) is 5.57 Å². The number of aliphatic hydroxyl groups is 1. The molecule has 0 saturated carbocycles. The summed E-state index contributed by atoms with van der Waals surface area (Å²) in [5.74, 6) is 0.182. The monoisotopic (exact) mass is 488 g/mol. The van der Waals surface area contributed by atoms with Crippen molar-refractivity contribution in [2.45, 2.75) is 32.9 Å². The summed E-state index contributed by atoms with van der Waals surface area (Å²) in [6.07, 6.45) is 0.684. The van der Waals surface area contributed by atoms with Gasteiger partial charge >= 0.3 is 0 Å². The van der Waals surface area contributed by atoms with Gasteiger partial charge in [-0.25, -0.2) is 0 Å². The maximum atomic E-state index is 13.1. The Morgan fingerprint density at radius 1 is 1.06 bits per heavy atom. The minimum atomic E-state index is -0.780.